The lowest BCUT2D eigenvalue weighted by atomic mass is 9.99. The summed E-state index contributed by atoms with van der Waals surface area (Å²) in [5.41, 5.74) is 1.65. The average Bonchev–Trinajstić information content (AvgIpc) is 2.68. The van der Waals surface area contributed by atoms with Gasteiger partial charge in [0.05, 0.1) is 0 Å². The second kappa shape index (κ2) is 8.12. The topological polar surface area (TPSA) is 73.1 Å². The Bertz CT molecular complexity index is 871. The van der Waals surface area contributed by atoms with Crippen LogP contribution in [0.5, 0.6) is 0 Å². The van der Waals surface area contributed by atoms with Crippen molar-refractivity contribution in [1.29, 1.82) is 5.26 Å². The van der Waals surface area contributed by atoms with Crippen molar-refractivity contribution in [2.24, 2.45) is 5.92 Å². The molecule has 140 valence electrons. The Morgan fingerprint density at radius 1 is 1.26 bits per heavy atom. The molecule has 0 aliphatic carbocycles. The van der Waals surface area contributed by atoms with Gasteiger partial charge in [-0.3, -0.25) is 4.79 Å². The molecule has 7 heteroatoms. The van der Waals surface area contributed by atoms with Crippen LogP contribution in [0.15, 0.2) is 30.3 Å². The van der Waals surface area contributed by atoms with Crippen LogP contribution >= 0.6 is 0 Å². The van der Waals surface area contributed by atoms with Crippen LogP contribution in [0.25, 0.3) is 0 Å². The molecule has 1 aromatic carbocycles. The number of halogens is 1. The SMILES string of the molecule is Cc1cc(C#N)nc(N2CCN(C(=O)C(C)Cc3ccccc3F)CC2)n1. The van der Waals surface area contributed by atoms with E-state index >= 15 is 0 Å². The van der Waals surface area contributed by atoms with Crippen LogP contribution in [0, 0.1) is 30.0 Å². The standard InChI is InChI=1S/C20H22FN5O/c1-14(11-16-5-3-4-6-18(16)21)19(27)25-7-9-26(10-8-25)20-23-15(2)12-17(13-22)24-20/h3-6,12,14H,7-11H2,1-2H3. The fourth-order valence-corrected chi connectivity index (χ4v) is 3.27. The van der Waals surface area contributed by atoms with E-state index in [2.05, 4.69) is 9.97 Å². The van der Waals surface area contributed by atoms with Gasteiger partial charge >= 0.3 is 0 Å². The quantitative estimate of drug-likeness (QED) is 0.829. The van der Waals surface area contributed by atoms with Crippen LogP contribution in [-0.4, -0.2) is 47.0 Å². The highest BCUT2D eigenvalue weighted by atomic mass is 19.1. The van der Waals surface area contributed by atoms with Gasteiger partial charge in [-0.25, -0.2) is 14.4 Å². The summed E-state index contributed by atoms with van der Waals surface area (Å²) < 4.78 is 13.8. The van der Waals surface area contributed by atoms with E-state index in [1.54, 1.807) is 24.3 Å². The lowest BCUT2D eigenvalue weighted by Gasteiger charge is -2.36. The van der Waals surface area contributed by atoms with Gasteiger partial charge in [-0.05, 0) is 31.0 Å². The van der Waals surface area contributed by atoms with E-state index in [1.165, 1.54) is 6.07 Å². The maximum atomic E-state index is 13.8. The average molecular weight is 367 g/mol. The number of aromatic nitrogens is 2. The number of benzene rings is 1. The molecule has 1 atom stereocenters. The summed E-state index contributed by atoms with van der Waals surface area (Å²) in [6, 6.07) is 10.3. The van der Waals surface area contributed by atoms with E-state index < -0.39 is 0 Å². The van der Waals surface area contributed by atoms with Gasteiger partial charge in [-0.15, -0.1) is 0 Å². The number of piperazine rings is 1. The molecule has 0 saturated carbocycles. The third kappa shape index (κ3) is 4.40. The number of nitrogens with zero attached hydrogens (tertiary/aromatic N) is 5. The molecule has 0 N–H and O–H groups in total. The maximum absolute atomic E-state index is 13.8. The first kappa shape index (κ1) is 18.8. The minimum Gasteiger partial charge on any atom is -0.339 e. The summed E-state index contributed by atoms with van der Waals surface area (Å²) >= 11 is 0. The number of amides is 1. The molecule has 1 aliphatic heterocycles. The van der Waals surface area contributed by atoms with E-state index in [1.807, 2.05) is 29.7 Å². The lowest BCUT2D eigenvalue weighted by molar-refractivity contribution is -0.135. The summed E-state index contributed by atoms with van der Waals surface area (Å²) in [5, 5.41) is 9.06. The van der Waals surface area contributed by atoms with E-state index in [4.69, 9.17) is 5.26 Å². The molecule has 2 aromatic rings. The highest BCUT2D eigenvalue weighted by Crippen LogP contribution is 2.17. The molecule has 1 aliphatic rings. The number of carbonyl (C=O) groups is 1. The smallest absolute Gasteiger partial charge is 0.226 e. The van der Waals surface area contributed by atoms with E-state index in [9.17, 15) is 9.18 Å². The molecule has 1 aromatic heterocycles. The minimum atomic E-state index is -0.283. The van der Waals surface area contributed by atoms with Gasteiger partial charge in [0, 0.05) is 37.8 Å². The number of aryl methyl sites for hydroxylation is 1. The van der Waals surface area contributed by atoms with Crippen molar-refractivity contribution in [2.75, 3.05) is 31.1 Å². The van der Waals surface area contributed by atoms with Crippen LogP contribution < -0.4 is 4.90 Å². The van der Waals surface area contributed by atoms with Crippen molar-refractivity contribution >= 4 is 11.9 Å². The van der Waals surface area contributed by atoms with E-state index in [0.29, 0.717) is 49.8 Å². The van der Waals surface area contributed by atoms with E-state index in [-0.39, 0.29) is 17.6 Å². The van der Waals surface area contributed by atoms with Gasteiger partial charge < -0.3 is 9.80 Å². The molecule has 27 heavy (non-hydrogen) atoms. The summed E-state index contributed by atoms with van der Waals surface area (Å²) in [6.45, 7) is 5.98. The van der Waals surface area contributed by atoms with Gasteiger partial charge in [0.15, 0.2) is 0 Å². The molecule has 1 amide bonds. The van der Waals surface area contributed by atoms with Crippen LogP contribution in [0.1, 0.15) is 23.9 Å². The Morgan fingerprint density at radius 3 is 2.63 bits per heavy atom. The first-order valence-electron chi connectivity index (χ1n) is 9.01. The number of hydrogen-bond donors (Lipinski definition) is 0. The summed E-state index contributed by atoms with van der Waals surface area (Å²) in [5.74, 6) is -0.000412. The summed E-state index contributed by atoms with van der Waals surface area (Å²) in [7, 11) is 0. The Balaban J connectivity index is 1.60. The highest BCUT2D eigenvalue weighted by Gasteiger charge is 2.26. The molecule has 0 radical (unpaired) electrons. The molecule has 0 bridgehead atoms. The molecular formula is C20H22FN5O. The first-order valence-corrected chi connectivity index (χ1v) is 9.01. The number of nitriles is 1. The van der Waals surface area contributed by atoms with Gasteiger partial charge in [-0.2, -0.15) is 5.26 Å². The molecule has 6 nitrogen and oxygen atoms in total. The number of anilines is 1. The van der Waals surface area contributed by atoms with Gasteiger partial charge in [-0.1, -0.05) is 25.1 Å². The molecule has 2 heterocycles. The van der Waals surface area contributed by atoms with Crippen molar-refractivity contribution in [3.63, 3.8) is 0 Å². The fourth-order valence-electron chi connectivity index (χ4n) is 3.27. The highest BCUT2D eigenvalue weighted by molar-refractivity contribution is 5.79. The predicted molar refractivity (Wildman–Crippen MR) is 99.5 cm³/mol. The van der Waals surface area contributed by atoms with Gasteiger partial charge in [0.25, 0.3) is 0 Å². The largest absolute Gasteiger partial charge is 0.339 e. The van der Waals surface area contributed by atoms with Crippen LogP contribution in [0.2, 0.25) is 0 Å². The second-order valence-electron chi connectivity index (χ2n) is 6.82. The van der Waals surface area contributed by atoms with Crippen LogP contribution in [-0.2, 0) is 11.2 Å². The second-order valence-corrected chi connectivity index (χ2v) is 6.82. The molecule has 0 spiro atoms. The zero-order valence-corrected chi connectivity index (χ0v) is 15.5. The predicted octanol–water partition coefficient (Wildman–Crippen LogP) is 2.32. The third-order valence-electron chi connectivity index (χ3n) is 4.74. The minimum absolute atomic E-state index is 0.0285. The molecule has 1 unspecified atom stereocenters. The van der Waals surface area contributed by atoms with Crippen molar-refractivity contribution in [1.82, 2.24) is 14.9 Å². The van der Waals surface area contributed by atoms with Gasteiger partial charge in [0.1, 0.15) is 17.6 Å². The summed E-state index contributed by atoms with van der Waals surface area (Å²) in [6.07, 6.45) is 0.387. The lowest BCUT2D eigenvalue weighted by Crippen LogP contribution is -2.50. The zero-order valence-electron chi connectivity index (χ0n) is 15.5. The maximum Gasteiger partial charge on any atom is 0.226 e. The van der Waals surface area contributed by atoms with Gasteiger partial charge in [0.2, 0.25) is 11.9 Å². The van der Waals surface area contributed by atoms with Crippen molar-refractivity contribution < 1.29 is 9.18 Å². The first-order chi connectivity index (χ1) is 13.0. The Labute approximate surface area is 158 Å². The number of carbonyl (C=O) groups excluding carboxylic acids is 1. The summed E-state index contributed by atoms with van der Waals surface area (Å²) in [4.78, 5) is 25.2. The van der Waals surface area contributed by atoms with Crippen molar-refractivity contribution in [3.05, 3.63) is 53.1 Å². The molecule has 3 rings (SSSR count). The number of hydrogen-bond acceptors (Lipinski definition) is 5. The van der Waals surface area contributed by atoms with E-state index in [0.717, 1.165) is 5.69 Å². The number of rotatable bonds is 4. The third-order valence-corrected chi connectivity index (χ3v) is 4.74. The monoisotopic (exact) mass is 367 g/mol. The van der Waals surface area contributed by atoms with Crippen molar-refractivity contribution in [2.45, 2.75) is 20.3 Å². The zero-order chi connectivity index (χ0) is 19.4. The molecule has 1 saturated heterocycles. The van der Waals surface area contributed by atoms with Crippen LogP contribution in [0.4, 0.5) is 10.3 Å². The Morgan fingerprint density at radius 2 is 1.96 bits per heavy atom. The molecular weight excluding hydrogens is 345 g/mol. The van der Waals surface area contributed by atoms with Crippen LogP contribution in [0.3, 0.4) is 0 Å². The Kier molecular flexibility index (Phi) is 5.65. The van der Waals surface area contributed by atoms with Crippen molar-refractivity contribution in [3.8, 4) is 6.07 Å². The fraction of sp³-hybridized carbons (Fsp3) is 0.400. The normalized spacial score (nSPS) is 15.3. The Hall–Kier alpha value is -3.01. The molecule has 1 fully saturated rings.